The number of hydrogen-bond donors (Lipinski definition) is 1. The molecule has 114 valence electrons. The zero-order chi connectivity index (χ0) is 14.6. The minimum atomic E-state index is 0.330. The Morgan fingerprint density at radius 1 is 1.20 bits per heavy atom. The molecule has 1 aliphatic rings. The third-order valence-corrected chi connectivity index (χ3v) is 5.92. The monoisotopic (exact) mass is 294 g/mol. The van der Waals surface area contributed by atoms with Gasteiger partial charge in [-0.3, -0.25) is 4.90 Å². The lowest BCUT2D eigenvalue weighted by Gasteiger charge is -2.46. The van der Waals surface area contributed by atoms with Crippen LogP contribution in [0.1, 0.15) is 62.3 Å². The molecule has 1 aromatic heterocycles. The summed E-state index contributed by atoms with van der Waals surface area (Å²) in [4.78, 5) is 5.66. The summed E-state index contributed by atoms with van der Waals surface area (Å²) in [5.41, 5.74) is 0.330. The highest BCUT2D eigenvalue weighted by molar-refractivity contribution is 7.12. The number of thiophene rings is 1. The van der Waals surface area contributed by atoms with Crippen molar-refractivity contribution in [1.82, 2.24) is 10.2 Å². The van der Waals surface area contributed by atoms with Crippen LogP contribution in [0.25, 0.3) is 0 Å². The highest BCUT2D eigenvalue weighted by Crippen LogP contribution is 2.45. The Kier molecular flexibility index (Phi) is 5.65. The number of aryl methyl sites for hydroxylation is 1. The first kappa shape index (κ1) is 16.0. The molecule has 0 aromatic carbocycles. The van der Waals surface area contributed by atoms with Gasteiger partial charge >= 0.3 is 0 Å². The van der Waals surface area contributed by atoms with E-state index in [4.69, 9.17) is 0 Å². The fourth-order valence-corrected chi connectivity index (χ4v) is 5.06. The molecular weight excluding hydrogens is 264 g/mol. The highest BCUT2D eigenvalue weighted by Gasteiger charge is 2.45. The van der Waals surface area contributed by atoms with Crippen LogP contribution in [0.3, 0.4) is 0 Å². The van der Waals surface area contributed by atoms with Gasteiger partial charge in [-0.2, -0.15) is 0 Å². The molecule has 1 heterocycles. The van der Waals surface area contributed by atoms with E-state index in [9.17, 15) is 0 Å². The van der Waals surface area contributed by atoms with Crippen LogP contribution >= 0.6 is 11.3 Å². The smallest absolute Gasteiger partial charge is 0.0601 e. The van der Waals surface area contributed by atoms with Crippen LogP contribution < -0.4 is 5.32 Å². The largest absolute Gasteiger partial charge is 0.308 e. The molecule has 0 spiro atoms. The van der Waals surface area contributed by atoms with Crippen molar-refractivity contribution in [3.8, 4) is 0 Å². The first-order chi connectivity index (χ1) is 9.67. The standard InChI is InChI=1S/C17H30N2S/c1-5-18-16(15-11-10-14(4)20-15)17(12-8-9-13-17)19(6-2)7-3/h10-11,16,18H,5-9,12-13H2,1-4H3. The van der Waals surface area contributed by atoms with Gasteiger partial charge in [0.05, 0.1) is 6.04 Å². The van der Waals surface area contributed by atoms with Gasteiger partial charge in [0.25, 0.3) is 0 Å². The number of hydrogen-bond acceptors (Lipinski definition) is 3. The summed E-state index contributed by atoms with van der Waals surface area (Å²) in [7, 11) is 0. The van der Waals surface area contributed by atoms with Crippen molar-refractivity contribution in [3.63, 3.8) is 0 Å². The summed E-state index contributed by atoms with van der Waals surface area (Å²) in [6.45, 7) is 12.4. The van der Waals surface area contributed by atoms with Gasteiger partial charge < -0.3 is 5.32 Å². The predicted octanol–water partition coefficient (Wildman–Crippen LogP) is 4.36. The van der Waals surface area contributed by atoms with Gasteiger partial charge in [0.2, 0.25) is 0 Å². The van der Waals surface area contributed by atoms with E-state index in [1.54, 1.807) is 0 Å². The van der Waals surface area contributed by atoms with Crippen molar-refractivity contribution in [1.29, 1.82) is 0 Å². The van der Waals surface area contributed by atoms with Crippen LogP contribution in [0.5, 0.6) is 0 Å². The molecule has 0 bridgehead atoms. The average Bonchev–Trinajstić information content (AvgIpc) is 3.08. The van der Waals surface area contributed by atoms with E-state index >= 15 is 0 Å². The molecule has 1 atom stereocenters. The fourth-order valence-electron chi connectivity index (χ4n) is 4.00. The Labute approximate surface area is 128 Å². The fraction of sp³-hybridized carbons (Fsp3) is 0.765. The van der Waals surface area contributed by atoms with Crippen LogP contribution in [-0.2, 0) is 0 Å². The van der Waals surface area contributed by atoms with Crippen LogP contribution in [-0.4, -0.2) is 30.1 Å². The van der Waals surface area contributed by atoms with Gasteiger partial charge in [0.1, 0.15) is 0 Å². The summed E-state index contributed by atoms with van der Waals surface area (Å²) in [6.07, 6.45) is 5.43. The maximum absolute atomic E-state index is 3.81. The molecule has 0 radical (unpaired) electrons. The highest BCUT2D eigenvalue weighted by atomic mass is 32.1. The average molecular weight is 295 g/mol. The Hall–Kier alpha value is -0.380. The Morgan fingerprint density at radius 2 is 1.85 bits per heavy atom. The lowest BCUT2D eigenvalue weighted by atomic mass is 9.84. The van der Waals surface area contributed by atoms with E-state index in [-0.39, 0.29) is 0 Å². The van der Waals surface area contributed by atoms with E-state index in [0.717, 1.165) is 19.6 Å². The van der Waals surface area contributed by atoms with Crippen molar-refractivity contribution in [2.45, 2.75) is 65.0 Å². The summed E-state index contributed by atoms with van der Waals surface area (Å²) in [5, 5.41) is 3.81. The van der Waals surface area contributed by atoms with Crippen LogP contribution in [0.2, 0.25) is 0 Å². The molecule has 20 heavy (non-hydrogen) atoms. The number of nitrogens with one attached hydrogen (secondary N) is 1. The quantitative estimate of drug-likeness (QED) is 0.803. The molecule has 1 saturated carbocycles. The number of rotatable bonds is 7. The summed E-state index contributed by atoms with van der Waals surface area (Å²) < 4.78 is 0. The van der Waals surface area contributed by atoms with Crippen molar-refractivity contribution in [3.05, 3.63) is 21.9 Å². The molecule has 2 nitrogen and oxygen atoms in total. The minimum Gasteiger partial charge on any atom is -0.308 e. The van der Waals surface area contributed by atoms with Crippen LogP contribution in [0.4, 0.5) is 0 Å². The van der Waals surface area contributed by atoms with Gasteiger partial charge in [0, 0.05) is 15.3 Å². The molecule has 0 saturated heterocycles. The molecule has 2 rings (SSSR count). The van der Waals surface area contributed by atoms with E-state index in [1.165, 1.54) is 35.4 Å². The molecule has 1 N–H and O–H groups in total. The first-order valence-corrected chi connectivity index (χ1v) is 9.04. The lowest BCUT2D eigenvalue weighted by Crippen LogP contribution is -2.54. The van der Waals surface area contributed by atoms with E-state index in [1.807, 2.05) is 11.3 Å². The third-order valence-electron chi connectivity index (χ3n) is 4.85. The molecule has 1 aliphatic carbocycles. The Morgan fingerprint density at radius 3 is 2.30 bits per heavy atom. The molecule has 1 fully saturated rings. The molecule has 0 amide bonds. The van der Waals surface area contributed by atoms with Crippen LogP contribution in [0.15, 0.2) is 12.1 Å². The zero-order valence-corrected chi connectivity index (χ0v) is 14.4. The topological polar surface area (TPSA) is 15.3 Å². The second kappa shape index (κ2) is 7.06. The Balaban J connectivity index is 2.37. The second-order valence-corrected chi connectivity index (χ2v) is 7.24. The van der Waals surface area contributed by atoms with Gasteiger partial charge in [-0.25, -0.2) is 0 Å². The molecule has 0 aliphatic heterocycles. The zero-order valence-electron chi connectivity index (χ0n) is 13.5. The second-order valence-electron chi connectivity index (χ2n) is 5.92. The van der Waals surface area contributed by atoms with Crippen molar-refractivity contribution < 1.29 is 0 Å². The maximum atomic E-state index is 3.81. The minimum absolute atomic E-state index is 0.330. The van der Waals surface area contributed by atoms with Gasteiger partial charge in [-0.15, -0.1) is 11.3 Å². The summed E-state index contributed by atoms with van der Waals surface area (Å²) in [6, 6.07) is 5.11. The predicted molar refractivity (Wildman–Crippen MR) is 89.6 cm³/mol. The van der Waals surface area contributed by atoms with E-state index < -0.39 is 0 Å². The van der Waals surface area contributed by atoms with Crippen LogP contribution in [0, 0.1) is 6.92 Å². The number of nitrogens with zero attached hydrogens (tertiary/aromatic N) is 1. The van der Waals surface area contributed by atoms with Gasteiger partial charge in [-0.05, 0) is 51.5 Å². The molecule has 1 aromatic rings. The Bertz CT molecular complexity index is 403. The summed E-state index contributed by atoms with van der Waals surface area (Å²) >= 11 is 1.97. The van der Waals surface area contributed by atoms with Gasteiger partial charge in [-0.1, -0.05) is 33.6 Å². The summed E-state index contributed by atoms with van der Waals surface area (Å²) in [5.74, 6) is 0. The molecule has 3 heteroatoms. The van der Waals surface area contributed by atoms with E-state index in [2.05, 4.69) is 50.0 Å². The lowest BCUT2D eigenvalue weighted by molar-refractivity contribution is 0.0645. The normalized spacial score (nSPS) is 19.6. The first-order valence-electron chi connectivity index (χ1n) is 8.22. The molecular formula is C17H30N2S. The van der Waals surface area contributed by atoms with Gasteiger partial charge in [0.15, 0.2) is 0 Å². The van der Waals surface area contributed by atoms with Crippen molar-refractivity contribution >= 4 is 11.3 Å². The van der Waals surface area contributed by atoms with Crippen molar-refractivity contribution in [2.75, 3.05) is 19.6 Å². The third kappa shape index (κ3) is 2.95. The van der Waals surface area contributed by atoms with Crippen molar-refractivity contribution in [2.24, 2.45) is 0 Å². The molecule has 1 unspecified atom stereocenters. The van der Waals surface area contributed by atoms with E-state index in [0.29, 0.717) is 11.6 Å². The maximum Gasteiger partial charge on any atom is 0.0601 e. The SMILES string of the molecule is CCNC(c1ccc(C)s1)C1(N(CC)CC)CCCC1. The number of likely N-dealkylation sites (N-methyl/N-ethyl adjacent to an activating group) is 2.